The zero-order valence-electron chi connectivity index (χ0n) is 17.5. The molecular weight excluding hydrogens is 646 g/mol. The zero-order chi connectivity index (χ0) is 23.8. The summed E-state index contributed by atoms with van der Waals surface area (Å²) in [7, 11) is 1.30. The SMILES string of the molecule is COC(=O)c1ccc(NC(=O)/C(C#N)=C/c2cc(I)c(OCc3ccccc3)c(I)c2)cc1. The summed E-state index contributed by atoms with van der Waals surface area (Å²) in [4.78, 5) is 24.1. The maximum atomic E-state index is 12.6. The Balaban J connectivity index is 1.74. The van der Waals surface area contributed by atoms with E-state index in [0.29, 0.717) is 23.4 Å². The van der Waals surface area contributed by atoms with Gasteiger partial charge in [-0.1, -0.05) is 30.3 Å². The van der Waals surface area contributed by atoms with Crippen LogP contribution in [0, 0.1) is 18.5 Å². The second kappa shape index (κ2) is 11.8. The number of esters is 1. The number of anilines is 1. The van der Waals surface area contributed by atoms with Gasteiger partial charge in [-0.25, -0.2) is 4.79 Å². The Hall–Kier alpha value is -2.91. The van der Waals surface area contributed by atoms with E-state index in [9.17, 15) is 14.9 Å². The number of amides is 1. The van der Waals surface area contributed by atoms with Gasteiger partial charge in [0.25, 0.3) is 5.91 Å². The number of nitrogens with one attached hydrogen (secondary N) is 1. The van der Waals surface area contributed by atoms with E-state index in [1.165, 1.54) is 25.3 Å². The van der Waals surface area contributed by atoms with Crippen LogP contribution in [-0.2, 0) is 16.1 Å². The Morgan fingerprint density at radius 3 is 2.24 bits per heavy atom. The van der Waals surface area contributed by atoms with Gasteiger partial charge < -0.3 is 14.8 Å². The number of hydrogen-bond donors (Lipinski definition) is 1. The summed E-state index contributed by atoms with van der Waals surface area (Å²) in [6.45, 7) is 0.447. The first-order valence-corrected chi connectivity index (χ1v) is 11.8. The predicted octanol–water partition coefficient (Wildman–Crippen LogP) is 5.81. The molecule has 3 aromatic rings. The lowest BCUT2D eigenvalue weighted by Gasteiger charge is -2.12. The Bertz CT molecular complexity index is 1210. The number of halogens is 2. The normalized spacial score (nSPS) is 10.8. The molecule has 0 bridgehead atoms. The van der Waals surface area contributed by atoms with Crippen molar-refractivity contribution in [3.05, 3.63) is 96.1 Å². The number of carbonyl (C=O) groups excluding carboxylic acids is 2. The van der Waals surface area contributed by atoms with Gasteiger partial charge in [-0.05, 0) is 98.8 Å². The third-order valence-electron chi connectivity index (χ3n) is 4.49. The molecule has 3 aromatic carbocycles. The average Bonchev–Trinajstić information content (AvgIpc) is 2.82. The summed E-state index contributed by atoms with van der Waals surface area (Å²) in [5.74, 6) is -0.255. The molecule has 1 amide bonds. The van der Waals surface area contributed by atoms with Crippen LogP contribution in [0.4, 0.5) is 5.69 Å². The lowest BCUT2D eigenvalue weighted by atomic mass is 10.1. The van der Waals surface area contributed by atoms with Crippen LogP contribution in [0.25, 0.3) is 6.08 Å². The van der Waals surface area contributed by atoms with Gasteiger partial charge in [0.15, 0.2) is 0 Å². The first kappa shape index (κ1) is 24.7. The molecule has 0 unspecified atom stereocenters. The molecule has 6 nitrogen and oxygen atoms in total. The summed E-state index contributed by atoms with van der Waals surface area (Å²) in [5.41, 5.74) is 2.56. The lowest BCUT2D eigenvalue weighted by molar-refractivity contribution is -0.112. The van der Waals surface area contributed by atoms with Crippen LogP contribution in [0.15, 0.2) is 72.3 Å². The molecular formula is C25H18I2N2O4. The van der Waals surface area contributed by atoms with Gasteiger partial charge in [0.05, 0.1) is 19.8 Å². The molecule has 3 rings (SSSR count). The molecule has 0 saturated heterocycles. The molecule has 0 saturated carbocycles. The van der Waals surface area contributed by atoms with Crippen LogP contribution < -0.4 is 10.1 Å². The van der Waals surface area contributed by atoms with Gasteiger partial charge in [-0.2, -0.15) is 5.26 Å². The maximum Gasteiger partial charge on any atom is 0.337 e. The number of nitriles is 1. The monoisotopic (exact) mass is 664 g/mol. The Morgan fingerprint density at radius 1 is 1.03 bits per heavy atom. The van der Waals surface area contributed by atoms with Crippen molar-refractivity contribution in [2.45, 2.75) is 6.61 Å². The van der Waals surface area contributed by atoms with Gasteiger partial charge >= 0.3 is 5.97 Å². The van der Waals surface area contributed by atoms with Gasteiger partial charge in [0.1, 0.15) is 24.0 Å². The maximum absolute atomic E-state index is 12.6. The van der Waals surface area contributed by atoms with Crippen LogP contribution in [0.5, 0.6) is 5.75 Å². The number of methoxy groups -OCH3 is 1. The third kappa shape index (κ3) is 6.79. The molecule has 0 spiro atoms. The minimum absolute atomic E-state index is 0.0448. The van der Waals surface area contributed by atoms with E-state index in [0.717, 1.165) is 18.5 Å². The molecule has 0 heterocycles. The zero-order valence-corrected chi connectivity index (χ0v) is 21.8. The molecule has 166 valence electrons. The van der Waals surface area contributed by atoms with Crippen LogP contribution in [0.3, 0.4) is 0 Å². The molecule has 0 aliphatic heterocycles. The summed E-state index contributed by atoms with van der Waals surface area (Å²) in [6.07, 6.45) is 1.53. The molecule has 0 fully saturated rings. The lowest BCUT2D eigenvalue weighted by Crippen LogP contribution is -2.13. The van der Waals surface area contributed by atoms with E-state index < -0.39 is 11.9 Å². The molecule has 0 aliphatic rings. The highest BCUT2D eigenvalue weighted by Gasteiger charge is 2.13. The van der Waals surface area contributed by atoms with Crippen molar-refractivity contribution in [1.29, 1.82) is 5.26 Å². The van der Waals surface area contributed by atoms with Crippen molar-refractivity contribution < 1.29 is 19.1 Å². The minimum Gasteiger partial charge on any atom is -0.487 e. The van der Waals surface area contributed by atoms with E-state index in [1.807, 2.05) is 48.5 Å². The van der Waals surface area contributed by atoms with E-state index in [4.69, 9.17) is 4.74 Å². The molecule has 1 N–H and O–H groups in total. The minimum atomic E-state index is -0.544. The van der Waals surface area contributed by atoms with Crippen molar-refractivity contribution >= 4 is 68.8 Å². The average molecular weight is 664 g/mol. The Labute approximate surface area is 218 Å². The highest BCUT2D eigenvalue weighted by Crippen LogP contribution is 2.30. The molecule has 8 heteroatoms. The van der Waals surface area contributed by atoms with Crippen LogP contribution >= 0.6 is 45.2 Å². The van der Waals surface area contributed by atoms with Gasteiger partial charge in [0, 0.05) is 5.69 Å². The van der Waals surface area contributed by atoms with Crippen LogP contribution in [0.1, 0.15) is 21.5 Å². The summed E-state index contributed by atoms with van der Waals surface area (Å²) < 4.78 is 12.4. The van der Waals surface area contributed by atoms with Crippen LogP contribution in [0.2, 0.25) is 0 Å². The van der Waals surface area contributed by atoms with E-state index in [-0.39, 0.29) is 5.57 Å². The van der Waals surface area contributed by atoms with E-state index >= 15 is 0 Å². The molecule has 33 heavy (non-hydrogen) atoms. The number of ether oxygens (including phenoxy) is 2. The highest BCUT2D eigenvalue weighted by atomic mass is 127. The smallest absolute Gasteiger partial charge is 0.337 e. The van der Waals surface area contributed by atoms with Gasteiger partial charge in [0.2, 0.25) is 0 Å². The topological polar surface area (TPSA) is 88.4 Å². The van der Waals surface area contributed by atoms with E-state index in [1.54, 1.807) is 12.1 Å². The Morgan fingerprint density at radius 2 is 1.67 bits per heavy atom. The summed E-state index contributed by atoms with van der Waals surface area (Å²) in [5, 5.41) is 12.2. The number of benzene rings is 3. The van der Waals surface area contributed by atoms with Crippen molar-refractivity contribution in [3.8, 4) is 11.8 Å². The van der Waals surface area contributed by atoms with Gasteiger partial charge in [-0.3, -0.25) is 4.79 Å². The number of hydrogen-bond acceptors (Lipinski definition) is 5. The predicted molar refractivity (Wildman–Crippen MR) is 143 cm³/mol. The molecule has 0 aliphatic carbocycles. The fraction of sp³-hybridized carbons (Fsp3) is 0.0800. The first-order chi connectivity index (χ1) is 15.9. The first-order valence-electron chi connectivity index (χ1n) is 9.68. The largest absolute Gasteiger partial charge is 0.487 e. The van der Waals surface area contributed by atoms with Crippen molar-refractivity contribution in [2.24, 2.45) is 0 Å². The second-order valence-electron chi connectivity index (χ2n) is 6.78. The molecule has 0 atom stereocenters. The van der Waals surface area contributed by atoms with Crippen molar-refractivity contribution in [3.63, 3.8) is 0 Å². The number of nitrogens with zero attached hydrogens (tertiary/aromatic N) is 1. The number of rotatable bonds is 7. The highest BCUT2D eigenvalue weighted by molar-refractivity contribution is 14.1. The fourth-order valence-electron chi connectivity index (χ4n) is 2.85. The number of carbonyl (C=O) groups is 2. The summed E-state index contributed by atoms with van der Waals surface area (Å²) in [6, 6.07) is 21.8. The molecule has 0 aromatic heterocycles. The van der Waals surface area contributed by atoms with Crippen molar-refractivity contribution in [2.75, 3.05) is 12.4 Å². The standard InChI is InChI=1S/C25H18I2N2O4/c1-32-25(31)18-7-9-20(10-8-18)29-24(30)19(14-28)11-17-12-21(26)23(22(27)13-17)33-15-16-5-3-2-4-6-16/h2-13H,15H2,1H3,(H,29,30)/b19-11+. The summed E-state index contributed by atoms with van der Waals surface area (Å²) >= 11 is 4.36. The fourth-order valence-corrected chi connectivity index (χ4v) is 4.98. The Kier molecular flexibility index (Phi) is 8.85. The third-order valence-corrected chi connectivity index (χ3v) is 6.09. The molecule has 0 radical (unpaired) electrons. The van der Waals surface area contributed by atoms with Gasteiger partial charge in [-0.15, -0.1) is 0 Å². The van der Waals surface area contributed by atoms with E-state index in [2.05, 4.69) is 55.2 Å². The van der Waals surface area contributed by atoms with Crippen LogP contribution in [-0.4, -0.2) is 19.0 Å². The second-order valence-corrected chi connectivity index (χ2v) is 9.11. The quantitative estimate of drug-likeness (QED) is 0.149. The van der Waals surface area contributed by atoms with Crippen molar-refractivity contribution in [1.82, 2.24) is 0 Å².